The number of methoxy groups -OCH3 is 2. The molecule has 6 aromatic rings. The van der Waals surface area contributed by atoms with Gasteiger partial charge < -0.3 is 28.8 Å². The summed E-state index contributed by atoms with van der Waals surface area (Å²) in [7, 11) is 1.69. The number of rotatable bonds is 9. The SMILES string of the molecule is C#CCc1cc(C#Cc2ccc(CC(=O)O)cc2)cc2c1OC(C)(C)CC2(C)C.C#CCc1cc(C#Cc2ccc(CC(=O)OC)cc2)cc2c1OC(C)(C)CC2(C)C.C#C[Si](C)(C)C.COC(=O)Cc1ccc(C#Cc2cc(CBr)c3c(c2)C(C)(C)CC(C)(C)O3)cc1. The lowest BCUT2D eigenvalue weighted by atomic mass is 9.72. The van der Waals surface area contributed by atoms with Gasteiger partial charge in [-0.1, -0.05) is 149 Å². The van der Waals surface area contributed by atoms with E-state index in [9.17, 15) is 14.4 Å². The Balaban J connectivity index is 0.000000214. The molecule has 0 amide bonds. The summed E-state index contributed by atoms with van der Waals surface area (Å²) in [6.07, 6.45) is 20.7. The number of esters is 2. The molecule has 3 heterocycles. The van der Waals surface area contributed by atoms with Crippen LogP contribution in [0.5, 0.6) is 17.2 Å². The zero-order valence-electron chi connectivity index (χ0n) is 58.1. The molecule has 94 heavy (non-hydrogen) atoms. The van der Waals surface area contributed by atoms with Crippen LogP contribution < -0.4 is 14.2 Å². The first-order chi connectivity index (χ1) is 43.9. The van der Waals surface area contributed by atoms with Gasteiger partial charge in [-0.25, -0.2) is 0 Å². The Bertz CT molecular complexity index is 4100. The molecular weight excluding hydrogens is 1250 g/mol. The second-order valence-electron chi connectivity index (χ2n) is 29.0. The first-order valence-electron chi connectivity index (χ1n) is 31.6. The van der Waals surface area contributed by atoms with Crippen molar-refractivity contribution in [3.8, 4) is 89.4 Å². The van der Waals surface area contributed by atoms with Gasteiger partial charge in [0, 0.05) is 84.9 Å². The largest absolute Gasteiger partial charge is 0.487 e. The maximum Gasteiger partial charge on any atom is 0.309 e. The molecule has 0 spiro atoms. The Labute approximate surface area is 570 Å². The molecule has 11 heteroatoms. The summed E-state index contributed by atoms with van der Waals surface area (Å²) in [5.74, 6) is 26.4. The van der Waals surface area contributed by atoms with Crippen LogP contribution in [0.3, 0.4) is 0 Å². The summed E-state index contributed by atoms with van der Waals surface area (Å²) in [4.78, 5) is 33.6. The highest BCUT2D eigenvalue weighted by Gasteiger charge is 2.43. The lowest BCUT2D eigenvalue weighted by molar-refractivity contribution is -0.140. The van der Waals surface area contributed by atoms with Crippen LogP contribution in [0.1, 0.15) is 186 Å². The molecule has 0 unspecified atom stereocenters. The van der Waals surface area contributed by atoms with Crippen molar-refractivity contribution in [3.63, 3.8) is 0 Å². The minimum atomic E-state index is -1.10. The van der Waals surface area contributed by atoms with Crippen molar-refractivity contribution in [1.82, 2.24) is 0 Å². The summed E-state index contributed by atoms with van der Waals surface area (Å²) in [5.41, 5.74) is 16.7. The number of carboxylic acids is 1. The summed E-state index contributed by atoms with van der Waals surface area (Å²) in [6, 6.07) is 35.2. The van der Waals surface area contributed by atoms with Crippen LogP contribution in [0.2, 0.25) is 19.6 Å². The molecule has 0 aliphatic carbocycles. The van der Waals surface area contributed by atoms with Crippen molar-refractivity contribution in [1.29, 1.82) is 0 Å². The highest BCUT2D eigenvalue weighted by molar-refractivity contribution is 9.08. The van der Waals surface area contributed by atoms with E-state index in [0.29, 0.717) is 12.8 Å². The van der Waals surface area contributed by atoms with Crippen molar-refractivity contribution in [2.75, 3.05) is 14.2 Å². The number of alkyl halides is 1. The van der Waals surface area contributed by atoms with Gasteiger partial charge in [0.15, 0.2) is 0 Å². The van der Waals surface area contributed by atoms with E-state index < -0.39 is 14.0 Å². The molecule has 0 saturated carbocycles. The molecule has 0 fully saturated rings. The van der Waals surface area contributed by atoms with Gasteiger partial charge in [-0.2, -0.15) is 0 Å². The number of terminal acetylenes is 3. The predicted octanol–water partition coefficient (Wildman–Crippen LogP) is 16.6. The Morgan fingerprint density at radius 2 is 0.723 bits per heavy atom. The molecule has 3 aliphatic rings. The van der Waals surface area contributed by atoms with Crippen LogP contribution in [-0.4, -0.2) is 62.1 Å². The topological polar surface area (TPSA) is 118 Å². The minimum Gasteiger partial charge on any atom is -0.487 e. The van der Waals surface area contributed by atoms with E-state index in [-0.39, 0.29) is 64.2 Å². The number of hydrogen-bond donors (Lipinski definition) is 1. The third-order valence-corrected chi connectivity index (χ3v) is 17.5. The number of carbonyl (C=O) groups is 3. The standard InChI is InChI=1S/C27H28O3.C26H26O3.C25H27BrO3.C5H10Si/c1-7-8-22-15-21(16-23-25(22)30-27(4,5)18-26(23,2)3)14-11-19-9-12-20(13-10-19)17-24(28)29-6;1-6-7-21-14-20(13-10-18-8-11-19(12-9-18)16-23(27)28)15-22-24(21)29-26(4,5)17-25(22,2)3;1-24(2)16-25(3,4)29-23-20(15-26)12-19(13-21(23)24)11-8-17-6-9-18(10-7-17)14-22(27)28-5;1-5-6(2,3)4/h1,9-10,12-13,15-16H,8,17-18H2,2-6H3;1,8-9,11-12,14-15H,7,16-17H2,2-5H3,(H,27,28);6-7,9-10,12-13H,14-16H2,1-5H3;1H,2-4H3. The van der Waals surface area contributed by atoms with E-state index in [0.717, 1.165) is 120 Å². The number of hydrogen-bond acceptors (Lipinski definition) is 8. The average molecular weight is 1340 g/mol. The first-order valence-corrected chi connectivity index (χ1v) is 36.2. The van der Waals surface area contributed by atoms with E-state index in [1.54, 1.807) is 12.1 Å². The molecule has 0 saturated heterocycles. The summed E-state index contributed by atoms with van der Waals surface area (Å²) < 4.78 is 28.4. The fourth-order valence-corrected chi connectivity index (χ4v) is 12.8. The highest BCUT2D eigenvalue weighted by atomic mass is 79.9. The molecule has 3 aliphatic heterocycles. The monoisotopic (exact) mass is 1340 g/mol. The lowest BCUT2D eigenvalue weighted by Crippen LogP contribution is -2.41. The maximum atomic E-state index is 11.4. The normalized spacial score (nSPS) is 15.5. The quantitative estimate of drug-likeness (QED) is 0.0653. The van der Waals surface area contributed by atoms with Gasteiger partial charge in [0.1, 0.15) is 42.1 Å². The lowest BCUT2D eigenvalue weighted by Gasteiger charge is -2.43. The number of halogens is 1. The second kappa shape index (κ2) is 31.0. The maximum absolute atomic E-state index is 11.4. The molecular formula is C83H91BrO9Si. The van der Waals surface area contributed by atoms with Gasteiger partial charge in [-0.05, 0) is 167 Å². The van der Waals surface area contributed by atoms with Crippen molar-refractivity contribution in [2.24, 2.45) is 0 Å². The molecule has 9 rings (SSSR count). The molecule has 0 aromatic heterocycles. The molecule has 488 valence electrons. The van der Waals surface area contributed by atoms with E-state index in [1.165, 1.54) is 19.8 Å². The van der Waals surface area contributed by atoms with E-state index in [4.69, 9.17) is 48.1 Å². The minimum absolute atomic E-state index is 0.0133. The fraction of sp³-hybridized carbons (Fsp3) is 0.386. The Morgan fingerprint density at radius 1 is 0.457 bits per heavy atom. The van der Waals surface area contributed by atoms with E-state index in [1.807, 2.05) is 72.8 Å². The zero-order chi connectivity index (χ0) is 69.6. The molecule has 0 bridgehead atoms. The molecule has 1 N–H and O–H groups in total. The Kier molecular flexibility index (Phi) is 24.4. The number of carboxylic acid groups (broad SMARTS) is 1. The van der Waals surface area contributed by atoms with Crippen molar-refractivity contribution in [2.45, 2.75) is 192 Å². The van der Waals surface area contributed by atoms with Crippen LogP contribution in [0, 0.1) is 72.2 Å². The van der Waals surface area contributed by atoms with Crippen LogP contribution in [0.15, 0.2) is 109 Å². The number of ether oxygens (including phenoxy) is 5. The summed E-state index contributed by atoms with van der Waals surface area (Å²) in [5, 5.41) is 9.60. The zero-order valence-corrected chi connectivity index (χ0v) is 60.7. The Hall–Kier alpha value is -8.81. The molecule has 9 nitrogen and oxygen atoms in total. The Morgan fingerprint density at radius 3 is 0.979 bits per heavy atom. The van der Waals surface area contributed by atoms with Gasteiger partial charge in [-0.3, -0.25) is 14.4 Å². The first kappa shape index (κ1) is 74.2. The summed E-state index contributed by atoms with van der Waals surface area (Å²) >= 11 is 3.61. The smallest absolute Gasteiger partial charge is 0.309 e. The van der Waals surface area contributed by atoms with Crippen molar-refractivity contribution >= 4 is 41.9 Å². The number of fused-ring (bicyclic) bond motifs is 3. The average Bonchev–Trinajstić information content (AvgIpc) is 0.769. The molecule has 0 radical (unpaired) electrons. The fourth-order valence-electron chi connectivity index (χ4n) is 12.4. The second-order valence-corrected chi connectivity index (χ2v) is 34.4. The van der Waals surface area contributed by atoms with E-state index in [2.05, 4.69) is 196 Å². The van der Waals surface area contributed by atoms with Gasteiger partial charge in [0.05, 0.1) is 33.5 Å². The van der Waals surface area contributed by atoms with E-state index >= 15 is 0 Å². The van der Waals surface area contributed by atoms with Crippen molar-refractivity contribution < 1.29 is 43.2 Å². The summed E-state index contributed by atoms with van der Waals surface area (Å²) in [6.45, 7) is 32.7. The van der Waals surface area contributed by atoms with Crippen molar-refractivity contribution in [3.05, 3.63) is 193 Å². The van der Waals surface area contributed by atoms with Gasteiger partial charge in [0.2, 0.25) is 0 Å². The molecule has 0 atom stereocenters. The van der Waals surface area contributed by atoms with Crippen LogP contribution >= 0.6 is 15.9 Å². The van der Waals surface area contributed by atoms with Gasteiger partial charge in [-0.15, -0.1) is 36.7 Å². The third kappa shape index (κ3) is 21.4. The van der Waals surface area contributed by atoms with Crippen LogP contribution in [-0.2, 0) is 77.5 Å². The van der Waals surface area contributed by atoms with Gasteiger partial charge >= 0.3 is 17.9 Å². The highest BCUT2D eigenvalue weighted by Crippen LogP contribution is 2.50. The number of carbonyl (C=O) groups excluding carboxylic acids is 2. The predicted molar refractivity (Wildman–Crippen MR) is 386 cm³/mol. The third-order valence-electron chi connectivity index (χ3n) is 16.0. The van der Waals surface area contributed by atoms with Gasteiger partial charge in [0.25, 0.3) is 0 Å². The number of benzene rings is 6. The molecule has 6 aromatic carbocycles. The number of aliphatic carboxylic acids is 1. The van der Waals surface area contributed by atoms with Crippen LogP contribution in [0.25, 0.3) is 0 Å². The van der Waals surface area contributed by atoms with Crippen LogP contribution in [0.4, 0.5) is 0 Å².